The Kier molecular flexibility index (Phi) is 1.90. The van der Waals surface area contributed by atoms with Crippen molar-refractivity contribution in [2.24, 2.45) is 0 Å². The highest BCUT2D eigenvalue weighted by molar-refractivity contribution is 4.88. The van der Waals surface area contributed by atoms with Crippen LogP contribution in [0.3, 0.4) is 0 Å². The molecule has 0 bridgehead atoms. The molecule has 2 nitrogen and oxygen atoms in total. The Bertz CT molecular complexity index is 129. The van der Waals surface area contributed by atoms with E-state index in [0.29, 0.717) is 12.4 Å². The lowest BCUT2D eigenvalue weighted by atomic mass is 10.4. The lowest BCUT2D eigenvalue weighted by Crippen LogP contribution is -2.04. The Hall–Kier alpha value is -0.760. The SMILES string of the molecule is C=CCC1OCC(=C)O1. The second-order valence-corrected chi connectivity index (χ2v) is 1.92. The molecule has 50 valence electrons. The molecule has 0 aliphatic carbocycles. The zero-order valence-corrected chi connectivity index (χ0v) is 5.30. The summed E-state index contributed by atoms with van der Waals surface area (Å²) in [5.41, 5.74) is 0. The van der Waals surface area contributed by atoms with Crippen LogP contribution < -0.4 is 0 Å². The van der Waals surface area contributed by atoms with E-state index in [2.05, 4.69) is 13.2 Å². The van der Waals surface area contributed by atoms with Gasteiger partial charge in [0.25, 0.3) is 0 Å². The van der Waals surface area contributed by atoms with Crippen molar-refractivity contribution in [2.45, 2.75) is 12.7 Å². The minimum atomic E-state index is -0.130. The van der Waals surface area contributed by atoms with Crippen LogP contribution in [0.15, 0.2) is 25.0 Å². The van der Waals surface area contributed by atoms with Gasteiger partial charge in [0.15, 0.2) is 0 Å². The summed E-state index contributed by atoms with van der Waals surface area (Å²) in [6.45, 7) is 7.69. The second kappa shape index (κ2) is 2.69. The first-order chi connectivity index (χ1) is 4.33. The van der Waals surface area contributed by atoms with Crippen LogP contribution in [-0.4, -0.2) is 12.9 Å². The summed E-state index contributed by atoms with van der Waals surface area (Å²) in [6, 6.07) is 0. The van der Waals surface area contributed by atoms with Gasteiger partial charge in [0.2, 0.25) is 6.29 Å². The molecule has 1 unspecified atom stereocenters. The van der Waals surface area contributed by atoms with Crippen LogP contribution in [0.1, 0.15) is 6.42 Å². The summed E-state index contributed by atoms with van der Waals surface area (Å²) in [5, 5.41) is 0. The molecular weight excluding hydrogens is 116 g/mol. The third kappa shape index (κ3) is 1.57. The van der Waals surface area contributed by atoms with Crippen molar-refractivity contribution in [1.29, 1.82) is 0 Å². The van der Waals surface area contributed by atoms with Crippen LogP contribution in [0.5, 0.6) is 0 Å². The zero-order chi connectivity index (χ0) is 6.69. The predicted molar refractivity (Wildman–Crippen MR) is 34.8 cm³/mol. The molecule has 1 atom stereocenters. The van der Waals surface area contributed by atoms with Gasteiger partial charge in [-0.1, -0.05) is 12.7 Å². The quantitative estimate of drug-likeness (QED) is 0.521. The number of hydrogen-bond donors (Lipinski definition) is 0. The van der Waals surface area contributed by atoms with E-state index < -0.39 is 0 Å². The van der Waals surface area contributed by atoms with E-state index in [9.17, 15) is 0 Å². The molecule has 0 saturated carbocycles. The molecule has 1 aliphatic rings. The highest BCUT2D eigenvalue weighted by Crippen LogP contribution is 2.15. The summed E-state index contributed by atoms with van der Waals surface area (Å²) in [6.07, 6.45) is 2.37. The monoisotopic (exact) mass is 126 g/mol. The summed E-state index contributed by atoms with van der Waals surface area (Å²) in [5.74, 6) is 0.710. The van der Waals surface area contributed by atoms with Crippen molar-refractivity contribution in [1.82, 2.24) is 0 Å². The molecular formula is C7H10O2. The third-order valence-electron chi connectivity index (χ3n) is 1.09. The molecule has 1 fully saturated rings. The first kappa shape index (κ1) is 6.36. The van der Waals surface area contributed by atoms with E-state index in [1.165, 1.54) is 0 Å². The van der Waals surface area contributed by atoms with Crippen molar-refractivity contribution in [3.05, 3.63) is 25.0 Å². The molecule has 1 aliphatic heterocycles. The molecule has 9 heavy (non-hydrogen) atoms. The minimum absolute atomic E-state index is 0.130. The third-order valence-corrected chi connectivity index (χ3v) is 1.09. The van der Waals surface area contributed by atoms with Gasteiger partial charge in [-0.15, -0.1) is 6.58 Å². The first-order valence-corrected chi connectivity index (χ1v) is 2.90. The molecule has 2 heteroatoms. The summed E-state index contributed by atoms with van der Waals surface area (Å²) >= 11 is 0. The summed E-state index contributed by atoms with van der Waals surface area (Å²) < 4.78 is 10.2. The van der Waals surface area contributed by atoms with E-state index >= 15 is 0 Å². The lowest BCUT2D eigenvalue weighted by molar-refractivity contribution is -0.0280. The fourth-order valence-corrected chi connectivity index (χ4v) is 0.692. The fraction of sp³-hybridized carbons (Fsp3) is 0.429. The van der Waals surface area contributed by atoms with Crippen molar-refractivity contribution in [2.75, 3.05) is 6.61 Å². The van der Waals surface area contributed by atoms with E-state index in [1.807, 2.05) is 0 Å². The van der Waals surface area contributed by atoms with Gasteiger partial charge in [-0.05, 0) is 0 Å². The molecule has 0 aromatic rings. The molecule has 1 heterocycles. The second-order valence-electron chi connectivity index (χ2n) is 1.92. The average molecular weight is 126 g/mol. The predicted octanol–water partition coefficient (Wildman–Crippen LogP) is 1.45. The van der Waals surface area contributed by atoms with E-state index in [4.69, 9.17) is 9.47 Å². The Balaban J connectivity index is 2.29. The highest BCUT2D eigenvalue weighted by atomic mass is 16.7. The van der Waals surface area contributed by atoms with Crippen LogP contribution in [0, 0.1) is 0 Å². The van der Waals surface area contributed by atoms with Gasteiger partial charge >= 0.3 is 0 Å². The number of ether oxygens (including phenoxy) is 2. The van der Waals surface area contributed by atoms with Gasteiger partial charge in [-0.25, -0.2) is 0 Å². The topological polar surface area (TPSA) is 18.5 Å². The Morgan fingerprint density at radius 3 is 3.00 bits per heavy atom. The lowest BCUT2D eigenvalue weighted by Gasteiger charge is -2.03. The van der Waals surface area contributed by atoms with Crippen molar-refractivity contribution in [3.63, 3.8) is 0 Å². The van der Waals surface area contributed by atoms with E-state index in [-0.39, 0.29) is 6.29 Å². The van der Waals surface area contributed by atoms with Gasteiger partial charge in [-0.2, -0.15) is 0 Å². The van der Waals surface area contributed by atoms with Crippen LogP contribution in [0.4, 0.5) is 0 Å². The molecule has 0 amide bonds. The molecule has 0 radical (unpaired) electrons. The normalized spacial score (nSPS) is 25.8. The van der Waals surface area contributed by atoms with Crippen molar-refractivity contribution < 1.29 is 9.47 Å². The molecule has 1 rings (SSSR count). The van der Waals surface area contributed by atoms with Gasteiger partial charge in [0.05, 0.1) is 0 Å². The van der Waals surface area contributed by atoms with Crippen molar-refractivity contribution >= 4 is 0 Å². The van der Waals surface area contributed by atoms with Crippen LogP contribution in [0.25, 0.3) is 0 Å². The number of hydrogen-bond acceptors (Lipinski definition) is 2. The van der Waals surface area contributed by atoms with Crippen LogP contribution in [0.2, 0.25) is 0 Å². The largest absolute Gasteiger partial charge is 0.467 e. The Labute approximate surface area is 54.8 Å². The smallest absolute Gasteiger partial charge is 0.203 e. The van der Waals surface area contributed by atoms with E-state index in [1.54, 1.807) is 6.08 Å². The maximum Gasteiger partial charge on any atom is 0.203 e. The van der Waals surface area contributed by atoms with Gasteiger partial charge in [-0.3, -0.25) is 0 Å². The Morgan fingerprint density at radius 1 is 1.78 bits per heavy atom. The maximum atomic E-state index is 5.11. The minimum Gasteiger partial charge on any atom is -0.467 e. The van der Waals surface area contributed by atoms with E-state index in [0.717, 1.165) is 6.42 Å². The standard InChI is InChI=1S/C7H10O2/c1-3-4-7-8-5-6(2)9-7/h3,7H,1-2,4-5H2. The van der Waals surface area contributed by atoms with Gasteiger partial charge in [0, 0.05) is 6.42 Å². The summed E-state index contributed by atoms with van der Waals surface area (Å²) in [4.78, 5) is 0. The average Bonchev–Trinajstić information content (AvgIpc) is 2.17. The highest BCUT2D eigenvalue weighted by Gasteiger charge is 2.16. The molecule has 1 saturated heterocycles. The van der Waals surface area contributed by atoms with Crippen LogP contribution in [-0.2, 0) is 9.47 Å². The molecule has 0 N–H and O–H groups in total. The Morgan fingerprint density at radius 2 is 2.56 bits per heavy atom. The van der Waals surface area contributed by atoms with Crippen LogP contribution >= 0.6 is 0 Å². The van der Waals surface area contributed by atoms with Crippen molar-refractivity contribution in [3.8, 4) is 0 Å². The first-order valence-electron chi connectivity index (χ1n) is 2.90. The van der Waals surface area contributed by atoms with Gasteiger partial charge in [0.1, 0.15) is 12.4 Å². The molecule has 0 aromatic carbocycles. The fourth-order valence-electron chi connectivity index (χ4n) is 0.692. The van der Waals surface area contributed by atoms with Gasteiger partial charge < -0.3 is 9.47 Å². The number of rotatable bonds is 2. The molecule has 0 aromatic heterocycles. The molecule has 0 spiro atoms. The zero-order valence-electron chi connectivity index (χ0n) is 5.30. The maximum absolute atomic E-state index is 5.11. The summed E-state index contributed by atoms with van der Waals surface area (Å²) in [7, 11) is 0.